The Bertz CT molecular complexity index is 5290. The Balaban J connectivity index is 0.000000130. The lowest BCUT2D eigenvalue weighted by Crippen LogP contribution is -2.27. The van der Waals surface area contributed by atoms with Crippen LogP contribution in [0.2, 0.25) is 5.02 Å². The second-order valence-corrected chi connectivity index (χ2v) is 39.4. The first-order valence-corrected chi connectivity index (χ1v) is 46.6. The summed E-state index contributed by atoms with van der Waals surface area (Å²) in [5, 5.41) is 0.776. The molecule has 0 heterocycles. The van der Waals surface area contributed by atoms with Crippen LogP contribution in [0.5, 0.6) is 17.2 Å². The van der Waals surface area contributed by atoms with Crippen molar-refractivity contribution in [2.24, 2.45) is 0 Å². The summed E-state index contributed by atoms with van der Waals surface area (Å²) in [5.74, 6) is 1.79. The summed E-state index contributed by atoms with van der Waals surface area (Å²) in [6.07, 6.45) is 0. The van der Waals surface area contributed by atoms with Crippen LogP contribution >= 0.6 is 23.4 Å². The Hall–Kier alpha value is -11.9. The molecule has 0 spiro atoms. The van der Waals surface area contributed by atoms with Crippen molar-refractivity contribution >= 4 is 83.8 Å². The Morgan fingerprint density at radius 1 is 0.258 bits per heavy atom. The maximum absolute atomic E-state index is 13.2. The van der Waals surface area contributed by atoms with E-state index < -0.39 is 5.60 Å². The predicted molar refractivity (Wildman–Crippen MR) is 501 cm³/mol. The first-order valence-electron chi connectivity index (χ1n) is 39.3. The van der Waals surface area contributed by atoms with Crippen molar-refractivity contribution in [1.29, 1.82) is 0 Å². The summed E-state index contributed by atoms with van der Waals surface area (Å²) in [6.45, 7) is 5.43. The van der Waals surface area contributed by atoms with Crippen LogP contribution in [0.4, 0.5) is 4.39 Å². The number of benzene rings is 17. The Labute approximate surface area is 730 Å². The molecule has 120 heavy (non-hydrogen) atoms. The van der Waals surface area contributed by atoms with Crippen LogP contribution in [0, 0.1) is 5.82 Å². The second kappa shape index (κ2) is 45.3. The largest absolute Gasteiger partial charge is 0.482 e. The van der Waals surface area contributed by atoms with Crippen LogP contribution in [0.25, 0.3) is 0 Å². The van der Waals surface area contributed by atoms with Crippen LogP contribution in [0.1, 0.15) is 20.8 Å². The minimum Gasteiger partial charge on any atom is -0.482 e. The highest BCUT2D eigenvalue weighted by Gasteiger charge is 2.33. The molecule has 0 bridgehead atoms. The fourth-order valence-corrected chi connectivity index (χ4v) is 23.9. The number of esters is 1. The van der Waals surface area contributed by atoms with E-state index in [0.717, 1.165) is 21.4 Å². The van der Waals surface area contributed by atoms with Gasteiger partial charge in [0.05, 0.1) is 54.5 Å². The lowest BCUT2D eigenvalue weighted by Gasteiger charge is -2.19. The quantitative estimate of drug-likeness (QED) is 0.0500. The molecule has 12 heteroatoms. The van der Waals surface area contributed by atoms with Crippen molar-refractivity contribution in [3.8, 4) is 17.2 Å². The molecule has 0 aromatic heterocycles. The summed E-state index contributed by atoms with van der Waals surface area (Å²) >= 11 is 7.81. The zero-order chi connectivity index (χ0) is 82.8. The van der Waals surface area contributed by atoms with E-state index in [1.165, 1.54) is 90.5 Å². The van der Waals surface area contributed by atoms with Crippen molar-refractivity contribution in [3.05, 3.63) is 496 Å². The molecule has 0 fully saturated rings. The van der Waals surface area contributed by atoms with Gasteiger partial charge in [-0.05, 0) is 288 Å². The van der Waals surface area contributed by atoms with E-state index in [4.69, 9.17) is 25.8 Å². The number of carbonyl (C=O) groups is 1. The molecule has 17 rings (SSSR count). The van der Waals surface area contributed by atoms with E-state index >= 15 is 0 Å². The Morgan fingerprint density at radius 3 is 0.725 bits per heavy atom. The molecule has 0 saturated carbocycles. The average Bonchev–Trinajstić information content (AvgIpc) is 0.846. The summed E-state index contributed by atoms with van der Waals surface area (Å²) in [7, 11) is -0.671. The number of carbonyl (C=O) groups excluding carboxylic acids is 1. The van der Waals surface area contributed by atoms with Gasteiger partial charge in [0.1, 0.15) is 28.7 Å². The van der Waals surface area contributed by atoms with E-state index in [0.29, 0.717) is 5.75 Å². The summed E-state index contributed by atoms with van der Waals surface area (Å²) < 4.78 is 29.9. The van der Waals surface area contributed by atoms with Gasteiger partial charge in [-0.15, -0.1) is 0 Å². The maximum atomic E-state index is 13.2. The van der Waals surface area contributed by atoms with Crippen LogP contribution in [-0.2, 0) is 64.0 Å². The zero-order valence-corrected chi connectivity index (χ0v) is 72.4. The Morgan fingerprint density at radius 2 is 0.458 bits per heavy atom. The van der Waals surface area contributed by atoms with Crippen molar-refractivity contribution < 1.29 is 23.4 Å². The van der Waals surface area contributed by atoms with Crippen LogP contribution in [-0.4, -0.2) is 18.2 Å². The highest BCUT2D eigenvalue weighted by Crippen LogP contribution is 2.39. The topological polar surface area (TPSA) is 44.8 Å². The molecule has 0 amide bonds. The van der Waals surface area contributed by atoms with Crippen molar-refractivity contribution in [3.63, 3.8) is 0 Å². The van der Waals surface area contributed by atoms with Crippen molar-refractivity contribution in [2.45, 2.75) is 110 Å². The first kappa shape index (κ1) is 86.0. The molecule has 0 aliphatic heterocycles. The molecule has 0 unspecified atom stereocenters. The van der Waals surface area contributed by atoms with E-state index in [2.05, 4.69) is 346 Å². The summed E-state index contributed by atoms with van der Waals surface area (Å²) in [5.41, 5.74) is -0.510. The molecule has 0 aliphatic rings. The van der Waals surface area contributed by atoms with Crippen LogP contribution in [0.15, 0.2) is 569 Å². The lowest BCUT2D eigenvalue weighted by molar-refractivity contribution is -0.157. The molecular formula is C108H91ClFO4S6+5. The monoisotopic (exact) mass is 1700 g/mol. The number of hydrogen-bond acceptors (Lipinski definition) is 5. The van der Waals surface area contributed by atoms with Gasteiger partial charge in [-0.2, -0.15) is 0 Å². The van der Waals surface area contributed by atoms with E-state index in [1.807, 2.05) is 148 Å². The molecule has 0 atom stereocenters. The minimum atomic E-state index is -0.510. The summed E-state index contributed by atoms with van der Waals surface area (Å²) in [6, 6.07) is 166. The van der Waals surface area contributed by atoms with Gasteiger partial charge >= 0.3 is 5.97 Å². The highest BCUT2D eigenvalue weighted by atomic mass is 35.5. The second-order valence-electron chi connectivity index (χ2n) is 27.7. The smallest absolute Gasteiger partial charge is 0.344 e. The lowest BCUT2D eigenvalue weighted by atomic mass is 10.2. The standard InChI is InChI=1S/C24H25O3S.C24H19OS.C24H19S2.C18H14ClS.C18H14FS/c1-24(2,3)27-23(25)18-26-19-14-16-22(17-15-19)28(20-10-6-4-7-11-20)21-12-8-5-9-13-21;2*1-4-10-20(11-5-1)25-21-16-18-24(19-17-21)26(22-12-6-2-7-13-22)23-14-8-3-9-15-23;2*19-15-11-13-18(14-12-15)20(16-7-3-1-4-8-16)17-9-5-2-6-10-17/h4-17H,18H2,1-3H3;2*1-19H;2*1-14H/q5*+1. The van der Waals surface area contributed by atoms with Gasteiger partial charge in [-0.25, -0.2) is 9.18 Å². The molecule has 0 saturated heterocycles. The SMILES string of the molecule is CC(C)(C)OC(=O)COc1ccc([S+](c2ccccc2)c2ccccc2)cc1.Clc1ccc([S+](c2ccccc2)c2ccccc2)cc1.Fc1ccc([S+](c2ccccc2)c2ccccc2)cc1.c1ccc(Oc2ccc([S+](c3ccccc3)c3ccccc3)cc2)cc1.c1ccc(Sc2ccc([S+](c3ccccc3)c3ccccc3)cc2)cc1. The molecule has 0 aliphatic carbocycles. The van der Waals surface area contributed by atoms with Crippen LogP contribution < -0.4 is 9.47 Å². The molecule has 4 nitrogen and oxygen atoms in total. The molecule has 17 aromatic carbocycles. The van der Waals surface area contributed by atoms with Gasteiger partial charge in [-0.3, -0.25) is 0 Å². The predicted octanol–water partition coefficient (Wildman–Crippen LogP) is 29.4. The highest BCUT2D eigenvalue weighted by molar-refractivity contribution is 7.99. The fraction of sp³-hybridized carbons (Fsp3) is 0.0463. The molecule has 17 aromatic rings. The number of rotatable bonds is 22. The van der Waals surface area contributed by atoms with E-state index in [1.54, 1.807) is 11.8 Å². The van der Waals surface area contributed by atoms with E-state index in [9.17, 15) is 9.18 Å². The number of hydrogen-bond donors (Lipinski definition) is 0. The molecule has 0 N–H and O–H groups in total. The van der Waals surface area contributed by atoms with Gasteiger partial charge in [-0.1, -0.05) is 242 Å². The van der Waals surface area contributed by atoms with Gasteiger partial charge in [0, 0.05) is 14.8 Å². The van der Waals surface area contributed by atoms with Crippen molar-refractivity contribution in [2.75, 3.05) is 6.61 Å². The third-order valence-electron chi connectivity index (χ3n) is 17.8. The van der Waals surface area contributed by atoms with Gasteiger partial charge in [0.25, 0.3) is 0 Å². The van der Waals surface area contributed by atoms with Gasteiger partial charge in [0.15, 0.2) is 80.0 Å². The zero-order valence-electron chi connectivity index (χ0n) is 66.7. The molecule has 0 radical (unpaired) electrons. The third-order valence-corrected chi connectivity index (χ3v) is 30.2. The number of ether oxygens (including phenoxy) is 3. The summed E-state index contributed by atoms with van der Waals surface area (Å²) in [4.78, 5) is 33.6. The average molecular weight is 1700 g/mol. The number of halogens is 2. The fourth-order valence-electron chi connectivity index (χ4n) is 12.5. The third kappa shape index (κ3) is 26.1. The van der Waals surface area contributed by atoms with Crippen LogP contribution in [0.3, 0.4) is 0 Å². The van der Waals surface area contributed by atoms with Gasteiger partial charge in [0.2, 0.25) is 0 Å². The maximum Gasteiger partial charge on any atom is 0.344 e. The number of para-hydroxylation sites is 1. The van der Waals surface area contributed by atoms with Crippen molar-refractivity contribution in [1.82, 2.24) is 0 Å². The first-order chi connectivity index (χ1) is 58.9. The van der Waals surface area contributed by atoms with Gasteiger partial charge < -0.3 is 14.2 Å². The Kier molecular flexibility index (Phi) is 32.5. The van der Waals surface area contributed by atoms with E-state index in [-0.39, 0.29) is 72.9 Å². The normalized spacial score (nSPS) is 10.8. The minimum absolute atomic E-state index is 0.0786. The molecular weight excluding hydrogens is 1610 g/mol. The molecule has 592 valence electrons.